The van der Waals surface area contributed by atoms with E-state index >= 15 is 0 Å². The Hall–Kier alpha value is -1.58. The molecule has 62 valence electrons. The molecule has 0 aliphatic carbocycles. The van der Waals surface area contributed by atoms with Crippen molar-refractivity contribution in [1.29, 1.82) is 0 Å². The van der Waals surface area contributed by atoms with Crippen molar-refractivity contribution >= 4 is 0 Å². The zero-order chi connectivity index (χ0) is 8.39. The second-order valence-electron chi connectivity index (χ2n) is 2.54. The Kier molecular flexibility index (Phi) is 1.66. The molecule has 0 aromatic carbocycles. The molecule has 2 rings (SSSR count). The van der Waals surface area contributed by atoms with Crippen molar-refractivity contribution < 1.29 is 0 Å². The van der Waals surface area contributed by atoms with Crippen LogP contribution in [0.15, 0.2) is 24.9 Å². The first kappa shape index (κ1) is 7.09. The van der Waals surface area contributed by atoms with Gasteiger partial charge in [-0.25, -0.2) is 4.98 Å². The molecule has 0 fully saturated rings. The third-order valence-corrected chi connectivity index (χ3v) is 1.75. The highest BCUT2D eigenvalue weighted by molar-refractivity contribution is 5.55. The van der Waals surface area contributed by atoms with Gasteiger partial charge in [-0.15, -0.1) is 0 Å². The molecule has 0 aliphatic heterocycles. The van der Waals surface area contributed by atoms with Crippen LogP contribution in [0.3, 0.4) is 0 Å². The highest BCUT2D eigenvalue weighted by atomic mass is 15.3. The van der Waals surface area contributed by atoms with E-state index in [1.54, 1.807) is 6.33 Å². The molecule has 0 spiro atoms. The van der Waals surface area contributed by atoms with Crippen LogP contribution >= 0.6 is 0 Å². The van der Waals surface area contributed by atoms with Crippen LogP contribution in [0.25, 0.3) is 11.3 Å². The summed E-state index contributed by atoms with van der Waals surface area (Å²) in [5.41, 5.74) is 1.99. The van der Waals surface area contributed by atoms with Crippen molar-refractivity contribution in [2.24, 2.45) is 0 Å². The lowest BCUT2D eigenvalue weighted by Gasteiger charge is -1.90. The molecule has 0 atom stereocenters. The molecule has 2 aromatic rings. The molecule has 2 heterocycles. The quantitative estimate of drug-likeness (QED) is 0.723. The van der Waals surface area contributed by atoms with E-state index in [0.29, 0.717) is 0 Å². The fourth-order valence-electron chi connectivity index (χ4n) is 1.09. The Morgan fingerprint density at radius 3 is 3.08 bits per heavy atom. The number of H-pyrrole nitrogens is 1. The van der Waals surface area contributed by atoms with E-state index in [2.05, 4.69) is 22.0 Å². The van der Waals surface area contributed by atoms with Gasteiger partial charge in [-0.2, -0.15) is 5.10 Å². The lowest BCUT2D eigenvalue weighted by atomic mass is 10.3. The topological polar surface area (TPSA) is 46.5 Å². The van der Waals surface area contributed by atoms with Crippen LogP contribution < -0.4 is 0 Å². The van der Waals surface area contributed by atoms with E-state index in [4.69, 9.17) is 0 Å². The van der Waals surface area contributed by atoms with Crippen molar-refractivity contribution in [1.82, 2.24) is 19.7 Å². The summed E-state index contributed by atoms with van der Waals surface area (Å²) in [6.07, 6.45) is 7.32. The lowest BCUT2D eigenvalue weighted by molar-refractivity contribution is 0.660. The van der Waals surface area contributed by atoms with E-state index in [1.165, 1.54) is 0 Å². The maximum atomic E-state index is 4.15. The Morgan fingerprint density at radius 1 is 1.58 bits per heavy atom. The zero-order valence-corrected chi connectivity index (χ0v) is 6.86. The first-order valence-corrected chi connectivity index (χ1v) is 3.91. The largest absolute Gasteiger partial charge is 0.351 e. The number of nitrogens with zero attached hydrogens (tertiary/aromatic N) is 3. The molecule has 0 saturated heterocycles. The van der Waals surface area contributed by atoms with E-state index in [1.807, 2.05) is 23.3 Å². The number of hydrogen-bond donors (Lipinski definition) is 1. The smallest absolute Gasteiger partial charge is 0.0927 e. The highest BCUT2D eigenvalue weighted by Crippen LogP contribution is 2.13. The minimum atomic E-state index is 0.893. The van der Waals surface area contributed by atoms with Gasteiger partial charge in [0.15, 0.2) is 0 Å². The number of aromatic nitrogens is 4. The molecular weight excluding hydrogens is 152 g/mol. The summed E-state index contributed by atoms with van der Waals surface area (Å²) in [4.78, 5) is 7.03. The van der Waals surface area contributed by atoms with Gasteiger partial charge < -0.3 is 4.98 Å². The molecule has 1 N–H and O–H groups in total. The van der Waals surface area contributed by atoms with Gasteiger partial charge in [0.25, 0.3) is 0 Å². The Morgan fingerprint density at radius 2 is 2.50 bits per heavy atom. The summed E-state index contributed by atoms with van der Waals surface area (Å²) in [7, 11) is 0. The van der Waals surface area contributed by atoms with Crippen LogP contribution in [0.4, 0.5) is 0 Å². The number of aromatic amines is 1. The van der Waals surface area contributed by atoms with Gasteiger partial charge in [0.2, 0.25) is 0 Å². The van der Waals surface area contributed by atoms with E-state index < -0.39 is 0 Å². The minimum absolute atomic E-state index is 0.893. The molecule has 0 aliphatic rings. The SMILES string of the molecule is CCn1cc(-c2c[nH]cn2)cn1. The summed E-state index contributed by atoms with van der Waals surface area (Å²) in [6.45, 7) is 2.95. The number of imidazole rings is 1. The van der Waals surface area contributed by atoms with Crippen LogP contribution in [-0.4, -0.2) is 19.7 Å². The van der Waals surface area contributed by atoms with Gasteiger partial charge >= 0.3 is 0 Å². The van der Waals surface area contributed by atoms with Gasteiger partial charge in [-0.1, -0.05) is 0 Å². The molecular formula is C8H10N4. The van der Waals surface area contributed by atoms with Crippen molar-refractivity contribution in [3.05, 3.63) is 24.9 Å². The van der Waals surface area contributed by atoms with Crippen LogP contribution in [0.2, 0.25) is 0 Å². The van der Waals surface area contributed by atoms with Crippen LogP contribution in [0.1, 0.15) is 6.92 Å². The van der Waals surface area contributed by atoms with Gasteiger partial charge in [0.1, 0.15) is 0 Å². The Labute approximate surface area is 70.3 Å². The molecule has 0 bridgehead atoms. The number of rotatable bonds is 2. The van der Waals surface area contributed by atoms with Gasteiger partial charge in [0, 0.05) is 24.5 Å². The first-order chi connectivity index (χ1) is 5.90. The van der Waals surface area contributed by atoms with Crippen LogP contribution in [0, 0.1) is 0 Å². The average Bonchev–Trinajstić information content (AvgIpc) is 2.75. The van der Waals surface area contributed by atoms with Gasteiger partial charge in [-0.05, 0) is 6.92 Å². The number of hydrogen-bond acceptors (Lipinski definition) is 2. The molecule has 0 saturated carbocycles. The van der Waals surface area contributed by atoms with Crippen molar-refractivity contribution in [2.45, 2.75) is 13.5 Å². The predicted octanol–water partition coefficient (Wildman–Crippen LogP) is 1.29. The Bertz CT molecular complexity index is 347. The number of aryl methyl sites for hydroxylation is 1. The van der Waals surface area contributed by atoms with Gasteiger partial charge in [-0.3, -0.25) is 4.68 Å². The van der Waals surface area contributed by atoms with Gasteiger partial charge in [0.05, 0.1) is 18.2 Å². The summed E-state index contributed by atoms with van der Waals surface area (Å²) < 4.78 is 1.88. The predicted molar refractivity (Wildman–Crippen MR) is 45.5 cm³/mol. The van der Waals surface area contributed by atoms with E-state index in [-0.39, 0.29) is 0 Å². The summed E-state index contributed by atoms with van der Waals surface area (Å²) >= 11 is 0. The summed E-state index contributed by atoms with van der Waals surface area (Å²) in [5.74, 6) is 0. The molecule has 2 aromatic heterocycles. The van der Waals surface area contributed by atoms with E-state index in [0.717, 1.165) is 17.8 Å². The number of nitrogens with one attached hydrogen (secondary N) is 1. The Balaban J connectivity index is 2.35. The molecule has 12 heavy (non-hydrogen) atoms. The normalized spacial score (nSPS) is 10.4. The standard InChI is InChI=1S/C8H10N4/c1-2-12-5-7(3-11-12)8-4-9-6-10-8/h3-6H,2H2,1H3,(H,9,10). The molecule has 4 nitrogen and oxygen atoms in total. The molecule has 4 heteroatoms. The third-order valence-electron chi connectivity index (χ3n) is 1.75. The average molecular weight is 162 g/mol. The molecule has 0 amide bonds. The maximum Gasteiger partial charge on any atom is 0.0927 e. The fourth-order valence-corrected chi connectivity index (χ4v) is 1.09. The fraction of sp³-hybridized carbons (Fsp3) is 0.250. The monoisotopic (exact) mass is 162 g/mol. The lowest BCUT2D eigenvalue weighted by Crippen LogP contribution is -1.91. The van der Waals surface area contributed by atoms with Crippen molar-refractivity contribution in [2.75, 3.05) is 0 Å². The maximum absolute atomic E-state index is 4.15. The second-order valence-corrected chi connectivity index (χ2v) is 2.54. The van der Waals surface area contributed by atoms with Crippen molar-refractivity contribution in [3.8, 4) is 11.3 Å². The van der Waals surface area contributed by atoms with Crippen LogP contribution in [-0.2, 0) is 6.54 Å². The second kappa shape index (κ2) is 2.81. The third kappa shape index (κ3) is 1.11. The molecule has 0 radical (unpaired) electrons. The van der Waals surface area contributed by atoms with Crippen LogP contribution in [0.5, 0.6) is 0 Å². The van der Waals surface area contributed by atoms with E-state index in [9.17, 15) is 0 Å². The summed E-state index contributed by atoms with van der Waals surface area (Å²) in [5, 5.41) is 4.15. The highest BCUT2D eigenvalue weighted by Gasteiger charge is 2.01. The van der Waals surface area contributed by atoms with Crippen molar-refractivity contribution in [3.63, 3.8) is 0 Å². The molecule has 0 unspecified atom stereocenters. The first-order valence-electron chi connectivity index (χ1n) is 3.91. The zero-order valence-electron chi connectivity index (χ0n) is 6.86. The minimum Gasteiger partial charge on any atom is -0.351 e. The summed E-state index contributed by atoms with van der Waals surface area (Å²) in [6, 6.07) is 0.